The first-order chi connectivity index (χ1) is 18.5. The van der Waals surface area contributed by atoms with Gasteiger partial charge >= 0.3 is 6.03 Å². The van der Waals surface area contributed by atoms with Crippen molar-refractivity contribution in [2.75, 3.05) is 31.5 Å². The number of piperidine rings is 1. The number of halogens is 2. The molecule has 0 aliphatic carbocycles. The van der Waals surface area contributed by atoms with Crippen LogP contribution in [0.25, 0.3) is 22.3 Å². The molecule has 2 aliphatic rings. The average Bonchev–Trinajstić information content (AvgIpc) is 3.58. The molecule has 0 spiro atoms. The van der Waals surface area contributed by atoms with Crippen molar-refractivity contribution in [3.8, 4) is 17.3 Å². The lowest BCUT2D eigenvalue weighted by molar-refractivity contribution is -0.0399. The van der Waals surface area contributed by atoms with Gasteiger partial charge in [-0.3, -0.25) is 9.58 Å². The second-order valence-corrected chi connectivity index (χ2v) is 10.3. The SMILES string of the molecule is N#CCC1(n2cc(-c3ncnc4[nH]ccc34)cn2)CN(C2CCN(C(=O)Nc3ccc(F)cc3Cl)CC2)C1. The van der Waals surface area contributed by atoms with Gasteiger partial charge < -0.3 is 15.2 Å². The average molecular weight is 534 g/mol. The van der Waals surface area contributed by atoms with Crippen molar-refractivity contribution in [3.63, 3.8) is 0 Å². The first kappa shape index (κ1) is 24.3. The molecule has 194 valence electrons. The van der Waals surface area contributed by atoms with Gasteiger partial charge in [-0.1, -0.05) is 11.6 Å². The molecule has 3 aromatic heterocycles. The molecule has 0 atom stereocenters. The number of likely N-dealkylation sites (tertiary alicyclic amines) is 2. The fourth-order valence-electron chi connectivity index (χ4n) is 5.48. The highest BCUT2D eigenvalue weighted by molar-refractivity contribution is 6.33. The molecule has 2 aliphatic heterocycles. The molecule has 5 heterocycles. The van der Waals surface area contributed by atoms with Gasteiger partial charge in [0.15, 0.2) is 0 Å². The molecule has 38 heavy (non-hydrogen) atoms. The van der Waals surface area contributed by atoms with Crippen LogP contribution in [-0.2, 0) is 5.54 Å². The van der Waals surface area contributed by atoms with Gasteiger partial charge in [0.2, 0.25) is 0 Å². The number of nitrogens with zero attached hydrogens (tertiary/aromatic N) is 7. The maximum absolute atomic E-state index is 13.3. The Kier molecular flexibility index (Phi) is 6.21. The molecule has 2 saturated heterocycles. The maximum Gasteiger partial charge on any atom is 0.321 e. The van der Waals surface area contributed by atoms with Crippen molar-refractivity contribution in [1.29, 1.82) is 5.26 Å². The number of rotatable bonds is 5. The highest BCUT2D eigenvalue weighted by Crippen LogP contribution is 2.37. The highest BCUT2D eigenvalue weighted by atomic mass is 35.5. The summed E-state index contributed by atoms with van der Waals surface area (Å²) in [7, 11) is 0. The zero-order chi connectivity index (χ0) is 26.3. The number of nitriles is 1. The summed E-state index contributed by atoms with van der Waals surface area (Å²) in [5, 5.41) is 18.1. The predicted octanol–water partition coefficient (Wildman–Crippen LogP) is 4.23. The van der Waals surface area contributed by atoms with E-state index >= 15 is 0 Å². The number of hydrogen-bond donors (Lipinski definition) is 2. The monoisotopic (exact) mass is 533 g/mol. The molecule has 1 aromatic carbocycles. The fraction of sp³-hybridized carbons (Fsp3) is 0.346. The summed E-state index contributed by atoms with van der Waals surface area (Å²) in [5.74, 6) is -0.450. The van der Waals surface area contributed by atoms with Crippen LogP contribution < -0.4 is 5.32 Å². The topological polar surface area (TPSA) is 119 Å². The van der Waals surface area contributed by atoms with E-state index in [4.69, 9.17) is 11.6 Å². The molecule has 4 aromatic rings. The highest BCUT2D eigenvalue weighted by Gasteiger charge is 2.48. The van der Waals surface area contributed by atoms with Crippen LogP contribution in [0, 0.1) is 17.1 Å². The Bertz CT molecular complexity index is 1530. The normalized spacial score (nSPS) is 17.8. The Morgan fingerprint density at radius 3 is 2.84 bits per heavy atom. The summed E-state index contributed by atoms with van der Waals surface area (Å²) < 4.78 is 15.2. The lowest BCUT2D eigenvalue weighted by Crippen LogP contribution is -2.66. The molecule has 2 fully saturated rings. The number of anilines is 1. The summed E-state index contributed by atoms with van der Waals surface area (Å²) >= 11 is 6.05. The predicted molar refractivity (Wildman–Crippen MR) is 140 cm³/mol. The minimum atomic E-state index is -0.450. The summed E-state index contributed by atoms with van der Waals surface area (Å²) in [6, 6.07) is 8.27. The molecule has 6 rings (SSSR count). The van der Waals surface area contributed by atoms with Gasteiger partial charge in [0, 0.05) is 55.6 Å². The van der Waals surface area contributed by atoms with Crippen LogP contribution >= 0.6 is 11.6 Å². The van der Waals surface area contributed by atoms with E-state index < -0.39 is 11.4 Å². The van der Waals surface area contributed by atoms with Crippen LogP contribution in [-0.4, -0.2) is 72.8 Å². The smallest absolute Gasteiger partial charge is 0.321 e. The van der Waals surface area contributed by atoms with Gasteiger partial charge in [-0.05, 0) is 37.1 Å². The van der Waals surface area contributed by atoms with E-state index in [1.165, 1.54) is 24.5 Å². The minimum Gasteiger partial charge on any atom is -0.346 e. The van der Waals surface area contributed by atoms with E-state index in [0.717, 1.165) is 35.1 Å². The van der Waals surface area contributed by atoms with Crippen molar-refractivity contribution in [2.45, 2.75) is 30.8 Å². The number of amides is 2. The van der Waals surface area contributed by atoms with Gasteiger partial charge in [0.25, 0.3) is 0 Å². The minimum absolute atomic E-state index is 0.168. The Labute approximate surface area is 223 Å². The Morgan fingerprint density at radius 1 is 1.26 bits per heavy atom. The molecule has 2 N–H and O–H groups in total. The van der Waals surface area contributed by atoms with Crippen LogP contribution in [0.5, 0.6) is 0 Å². The molecule has 0 saturated carbocycles. The van der Waals surface area contributed by atoms with Crippen LogP contribution in [0.2, 0.25) is 5.02 Å². The third-order valence-electron chi connectivity index (χ3n) is 7.54. The number of aromatic nitrogens is 5. The first-order valence-corrected chi connectivity index (χ1v) is 12.8. The molecule has 12 heteroatoms. The van der Waals surface area contributed by atoms with Gasteiger partial charge in [-0.15, -0.1) is 0 Å². The van der Waals surface area contributed by atoms with Gasteiger partial charge in [0.1, 0.15) is 23.3 Å². The standard InChI is InChI=1S/C26H25ClFN9O/c27-21-11-18(28)1-2-22(21)34-25(38)35-9-4-19(5-10-35)36-14-26(15-36,6-7-29)37-13-17(12-33-37)23-20-3-8-30-24(20)32-16-31-23/h1-3,8,11-13,16,19H,4-6,9-10,14-15H2,(H,34,38)(H,30,31,32). The lowest BCUT2D eigenvalue weighted by atomic mass is 9.84. The van der Waals surface area contributed by atoms with E-state index in [1.807, 2.05) is 23.1 Å². The number of fused-ring (bicyclic) bond motifs is 1. The number of benzene rings is 1. The quantitative estimate of drug-likeness (QED) is 0.396. The molecule has 2 amide bonds. The number of hydrogen-bond acceptors (Lipinski definition) is 6. The molecule has 0 unspecified atom stereocenters. The van der Waals surface area contributed by atoms with E-state index in [1.54, 1.807) is 11.1 Å². The third-order valence-corrected chi connectivity index (χ3v) is 7.85. The van der Waals surface area contributed by atoms with Crippen LogP contribution in [0.3, 0.4) is 0 Å². The molecule has 10 nitrogen and oxygen atoms in total. The van der Waals surface area contributed by atoms with Crippen LogP contribution in [0.1, 0.15) is 19.3 Å². The second kappa shape index (κ2) is 9.70. The summed E-state index contributed by atoms with van der Waals surface area (Å²) in [4.78, 5) is 28.7. The number of nitrogens with one attached hydrogen (secondary N) is 2. The molecular formula is C26H25ClFN9O. The van der Waals surface area contributed by atoms with E-state index in [0.29, 0.717) is 44.3 Å². The number of carbonyl (C=O) groups is 1. The lowest BCUT2D eigenvalue weighted by Gasteiger charge is -2.53. The van der Waals surface area contributed by atoms with E-state index in [-0.39, 0.29) is 11.1 Å². The number of H-pyrrole nitrogens is 1. The van der Waals surface area contributed by atoms with Gasteiger partial charge in [0.05, 0.1) is 35.1 Å². The zero-order valence-corrected chi connectivity index (χ0v) is 21.2. The van der Waals surface area contributed by atoms with Crippen molar-refractivity contribution >= 4 is 34.4 Å². The second-order valence-electron chi connectivity index (χ2n) is 9.87. The van der Waals surface area contributed by atoms with E-state index in [2.05, 4.69) is 36.3 Å². The van der Waals surface area contributed by atoms with Crippen molar-refractivity contribution < 1.29 is 9.18 Å². The number of urea groups is 1. The van der Waals surface area contributed by atoms with Gasteiger partial charge in [-0.2, -0.15) is 10.4 Å². The third kappa shape index (κ3) is 4.36. The summed E-state index contributed by atoms with van der Waals surface area (Å²) in [6.45, 7) is 2.63. The van der Waals surface area contributed by atoms with Gasteiger partial charge in [-0.25, -0.2) is 19.2 Å². The molecule has 0 radical (unpaired) electrons. The van der Waals surface area contributed by atoms with Crippen molar-refractivity contribution in [3.05, 3.63) is 60.0 Å². The Morgan fingerprint density at radius 2 is 2.08 bits per heavy atom. The summed E-state index contributed by atoms with van der Waals surface area (Å²) in [5.41, 5.74) is 2.45. The van der Waals surface area contributed by atoms with Crippen LogP contribution in [0.4, 0.5) is 14.9 Å². The van der Waals surface area contributed by atoms with E-state index in [9.17, 15) is 14.4 Å². The van der Waals surface area contributed by atoms with Crippen molar-refractivity contribution in [1.82, 2.24) is 34.5 Å². The largest absolute Gasteiger partial charge is 0.346 e. The summed E-state index contributed by atoms with van der Waals surface area (Å²) in [6.07, 6.45) is 9.13. The molecular weight excluding hydrogens is 509 g/mol. The number of carbonyl (C=O) groups excluding carboxylic acids is 1. The zero-order valence-electron chi connectivity index (χ0n) is 20.4. The Hall–Kier alpha value is -4.01. The van der Waals surface area contributed by atoms with Crippen molar-refractivity contribution in [2.24, 2.45) is 0 Å². The number of aromatic amines is 1. The molecule has 0 bridgehead atoms. The van der Waals surface area contributed by atoms with Crippen LogP contribution in [0.15, 0.2) is 49.2 Å². The first-order valence-electron chi connectivity index (χ1n) is 12.4. The Balaban J connectivity index is 1.09. The fourth-order valence-corrected chi connectivity index (χ4v) is 5.69. The maximum atomic E-state index is 13.3.